The molecule has 0 aliphatic carbocycles. The first-order chi connectivity index (χ1) is 16.0. The first-order valence-corrected chi connectivity index (χ1v) is 10.8. The quantitative estimate of drug-likeness (QED) is 0.546. The van der Waals surface area contributed by atoms with Gasteiger partial charge in [0.1, 0.15) is 17.4 Å². The molecular formula is C27H22F2N2O2. The number of nitrogens with zero attached hydrogens (tertiary/aromatic N) is 2. The SMILES string of the molecule is N#Cc1ccc(F)cc1C(=O)N1CCC(C(=O)Cc2cccc(-c3ccccc3F)c2)CC1. The predicted octanol–water partition coefficient (Wildman–Crippen LogP) is 5.17. The average Bonchev–Trinajstić information content (AvgIpc) is 2.84. The van der Waals surface area contributed by atoms with Crippen molar-refractivity contribution in [3.63, 3.8) is 0 Å². The molecule has 4 nitrogen and oxygen atoms in total. The lowest BCUT2D eigenvalue weighted by Crippen LogP contribution is -2.40. The lowest BCUT2D eigenvalue weighted by Gasteiger charge is -2.31. The van der Waals surface area contributed by atoms with Gasteiger partial charge < -0.3 is 4.90 Å². The molecule has 0 N–H and O–H groups in total. The third-order valence-electron chi connectivity index (χ3n) is 6.06. The van der Waals surface area contributed by atoms with Gasteiger partial charge in [-0.2, -0.15) is 5.26 Å². The summed E-state index contributed by atoms with van der Waals surface area (Å²) in [6.07, 6.45) is 1.26. The fourth-order valence-corrected chi connectivity index (χ4v) is 4.26. The minimum atomic E-state index is -0.569. The zero-order valence-corrected chi connectivity index (χ0v) is 17.9. The Balaban J connectivity index is 1.39. The molecule has 4 rings (SSSR count). The number of hydrogen-bond donors (Lipinski definition) is 0. The van der Waals surface area contributed by atoms with Crippen molar-refractivity contribution in [3.8, 4) is 17.2 Å². The number of ketones is 1. The Morgan fingerprint density at radius 3 is 2.45 bits per heavy atom. The largest absolute Gasteiger partial charge is 0.339 e. The van der Waals surface area contributed by atoms with E-state index in [1.165, 1.54) is 12.1 Å². The van der Waals surface area contributed by atoms with Crippen molar-refractivity contribution in [1.82, 2.24) is 4.90 Å². The first-order valence-electron chi connectivity index (χ1n) is 10.8. The summed E-state index contributed by atoms with van der Waals surface area (Å²) < 4.78 is 27.7. The lowest BCUT2D eigenvalue weighted by atomic mass is 9.88. The van der Waals surface area contributed by atoms with E-state index in [9.17, 15) is 23.6 Å². The van der Waals surface area contributed by atoms with Gasteiger partial charge in [-0.05, 0) is 48.2 Å². The number of piperidine rings is 1. The van der Waals surface area contributed by atoms with Gasteiger partial charge in [0.05, 0.1) is 17.2 Å². The second kappa shape index (κ2) is 9.74. The summed E-state index contributed by atoms with van der Waals surface area (Å²) in [6, 6.07) is 19.3. The van der Waals surface area contributed by atoms with Gasteiger partial charge in [0.2, 0.25) is 0 Å². The molecule has 1 amide bonds. The maximum atomic E-state index is 14.1. The lowest BCUT2D eigenvalue weighted by molar-refractivity contribution is -0.123. The van der Waals surface area contributed by atoms with Crippen molar-refractivity contribution in [2.75, 3.05) is 13.1 Å². The Labute approximate surface area is 191 Å². The molecule has 1 aliphatic heterocycles. The van der Waals surface area contributed by atoms with E-state index in [0.717, 1.165) is 23.3 Å². The van der Waals surface area contributed by atoms with Gasteiger partial charge in [-0.3, -0.25) is 9.59 Å². The third-order valence-corrected chi connectivity index (χ3v) is 6.06. The molecule has 166 valence electrons. The molecule has 0 radical (unpaired) electrons. The van der Waals surface area contributed by atoms with Crippen LogP contribution in [0.25, 0.3) is 11.1 Å². The van der Waals surface area contributed by atoms with Crippen LogP contribution in [0.5, 0.6) is 0 Å². The number of rotatable bonds is 5. The summed E-state index contributed by atoms with van der Waals surface area (Å²) in [4.78, 5) is 27.3. The zero-order valence-electron chi connectivity index (χ0n) is 17.9. The number of hydrogen-bond acceptors (Lipinski definition) is 3. The second-order valence-corrected chi connectivity index (χ2v) is 8.19. The van der Waals surface area contributed by atoms with Crippen LogP contribution in [0.1, 0.15) is 34.3 Å². The van der Waals surface area contributed by atoms with E-state index < -0.39 is 11.7 Å². The van der Waals surface area contributed by atoms with Crippen molar-refractivity contribution in [2.24, 2.45) is 5.92 Å². The van der Waals surface area contributed by atoms with Crippen molar-refractivity contribution in [3.05, 3.63) is 95.1 Å². The predicted molar refractivity (Wildman–Crippen MR) is 120 cm³/mol. The minimum absolute atomic E-state index is 0.0484. The number of likely N-dealkylation sites (tertiary alicyclic amines) is 1. The molecule has 1 heterocycles. The maximum absolute atomic E-state index is 14.1. The van der Waals surface area contributed by atoms with Crippen molar-refractivity contribution in [1.29, 1.82) is 5.26 Å². The van der Waals surface area contributed by atoms with Gasteiger partial charge in [0, 0.05) is 31.0 Å². The van der Waals surface area contributed by atoms with Crippen LogP contribution in [0.15, 0.2) is 66.7 Å². The number of carbonyl (C=O) groups excluding carboxylic acids is 2. The monoisotopic (exact) mass is 444 g/mol. The van der Waals surface area contributed by atoms with Gasteiger partial charge >= 0.3 is 0 Å². The maximum Gasteiger partial charge on any atom is 0.255 e. The molecule has 0 spiro atoms. The highest BCUT2D eigenvalue weighted by molar-refractivity contribution is 5.97. The van der Waals surface area contributed by atoms with Gasteiger partial charge in [-0.1, -0.05) is 42.5 Å². The molecular weight excluding hydrogens is 422 g/mol. The molecule has 1 aliphatic rings. The Kier molecular flexibility index (Phi) is 6.60. The van der Waals surface area contributed by atoms with E-state index in [4.69, 9.17) is 0 Å². The van der Waals surface area contributed by atoms with Crippen LogP contribution in [0.3, 0.4) is 0 Å². The van der Waals surface area contributed by atoms with Crippen LogP contribution < -0.4 is 0 Å². The molecule has 6 heteroatoms. The first kappa shape index (κ1) is 22.3. The van der Waals surface area contributed by atoms with Crippen LogP contribution in [0.4, 0.5) is 8.78 Å². The molecule has 3 aromatic rings. The normalized spacial score (nSPS) is 14.0. The van der Waals surface area contributed by atoms with E-state index in [0.29, 0.717) is 31.5 Å². The molecule has 1 saturated heterocycles. The number of nitriles is 1. The van der Waals surface area contributed by atoms with E-state index in [1.54, 1.807) is 23.1 Å². The highest BCUT2D eigenvalue weighted by atomic mass is 19.1. The van der Waals surface area contributed by atoms with Crippen LogP contribution in [-0.2, 0) is 11.2 Å². The summed E-state index contributed by atoms with van der Waals surface area (Å²) in [5, 5.41) is 9.21. The molecule has 0 bridgehead atoms. The molecule has 3 aromatic carbocycles. The van der Waals surface area contributed by atoms with Gasteiger partial charge in [-0.15, -0.1) is 0 Å². The van der Waals surface area contributed by atoms with E-state index in [2.05, 4.69) is 0 Å². The fraction of sp³-hybridized carbons (Fsp3) is 0.222. The third kappa shape index (κ3) is 4.98. The fourth-order valence-electron chi connectivity index (χ4n) is 4.26. The second-order valence-electron chi connectivity index (χ2n) is 8.19. The van der Waals surface area contributed by atoms with Gasteiger partial charge in [0.25, 0.3) is 5.91 Å². The van der Waals surface area contributed by atoms with E-state index in [1.807, 2.05) is 30.3 Å². The molecule has 33 heavy (non-hydrogen) atoms. The summed E-state index contributed by atoms with van der Waals surface area (Å²) in [5.41, 5.74) is 2.22. The molecule has 1 fully saturated rings. The van der Waals surface area contributed by atoms with Gasteiger partial charge in [0.15, 0.2) is 0 Å². The van der Waals surface area contributed by atoms with E-state index in [-0.39, 0.29) is 35.1 Å². The standard InChI is InChI=1S/C27H22F2N2O2/c28-22-9-8-21(17-30)24(16-22)27(33)31-12-10-19(11-13-31)26(32)15-18-4-3-5-20(14-18)23-6-1-2-7-25(23)29/h1-9,14,16,19H,10-13,15H2. The summed E-state index contributed by atoms with van der Waals surface area (Å²) in [7, 11) is 0. The van der Waals surface area contributed by atoms with Crippen molar-refractivity contribution < 1.29 is 18.4 Å². The Bertz CT molecular complexity index is 1240. The number of benzene rings is 3. The van der Waals surface area contributed by atoms with Crippen LogP contribution in [0, 0.1) is 28.9 Å². The zero-order chi connectivity index (χ0) is 23.4. The number of amides is 1. The smallest absolute Gasteiger partial charge is 0.255 e. The van der Waals surface area contributed by atoms with Crippen molar-refractivity contribution in [2.45, 2.75) is 19.3 Å². The molecule has 0 aromatic heterocycles. The van der Waals surface area contributed by atoms with Crippen LogP contribution in [0.2, 0.25) is 0 Å². The summed E-state index contributed by atoms with van der Waals surface area (Å²) in [6.45, 7) is 0.734. The minimum Gasteiger partial charge on any atom is -0.339 e. The summed E-state index contributed by atoms with van der Waals surface area (Å²) in [5.74, 6) is -1.38. The molecule has 0 unspecified atom stereocenters. The summed E-state index contributed by atoms with van der Waals surface area (Å²) >= 11 is 0. The number of carbonyl (C=O) groups is 2. The topological polar surface area (TPSA) is 61.2 Å². The molecule has 0 atom stereocenters. The number of Topliss-reactive ketones (excluding diaryl/α,β-unsaturated/α-hetero) is 1. The van der Waals surface area contributed by atoms with Gasteiger partial charge in [-0.25, -0.2) is 8.78 Å². The van der Waals surface area contributed by atoms with E-state index >= 15 is 0 Å². The Morgan fingerprint density at radius 2 is 1.73 bits per heavy atom. The van der Waals surface area contributed by atoms with Crippen molar-refractivity contribution >= 4 is 11.7 Å². The number of halogens is 2. The average molecular weight is 444 g/mol. The van der Waals surface area contributed by atoms with Crippen LogP contribution in [-0.4, -0.2) is 29.7 Å². The van der Waals surface area contributed by atoms with Crippen LogP contribution >= 0.6 is 0 Å². The highest BCUT2D eigenvalue weighted by Gasteiger charge is 2.29. The highest BCUT2D eigenvalue weighted by Crippen LogP contribution is 2.26. The Morgan fingerprint density at radius 1 is 0.970 bits per heavy atom. The Hall–Kier alpha value is -3.85. The molecule has 0 saturated carbocycles.